The number of rotatable bonds is 19. The van der Waals surface area contributed by atoms with Crippen molar-refractivity contribution in [2.45, 2.75) is 76.5 Å². The van der Waals surface area contributed by atoms with E-state index < -0.39 is 47.9 Å². The van der Waals surface area contributed by atoms with Crippen LogP contribution in [0.2, 0.25) is 0 Å². The monoisotopic (exact) mass is 532 g/mol. The summed E-state index contributed by atoms with van der Waals surface area (Å²) in [6, 6.07) is -3.87. The molecule has 12 N–H and O–H groups in total. The number of hydrogen-bond donors (Lipinski definition) is 8. The number of carboxylic acid groups (broad SMARTS) is 1. The van der Waals surface area contributed by atoms with Gasteiger partial charge in [-0.2, -0.15) is 11.8 Å². The van der Waals surface area contributed by atoms with Crippen LogP contribution in [0.3, 0.4) is 0 Å². The Labute approximate surface area is 217 Å². The third-order valence-electron chi connectivity index (χ3n) is 5.36. The van der Waals surface area contributed by atoms with E-state index in [0.717, 1.165) is 0 Å². The lowest BCUT2D eigenvalue weighted by Gasteiger charge is -2.27. The molecule has 0 rings (SSSR count). The molecular formula is C22H44N8O5S. The Morgan fingerprint density at radius 1 is 0.889 bits per heavy atom. The van der Waals surface area contributed by atoms with Gasteiger partial charge < -0.3 is 44.0 Å². The fraction of sp³-hybridized carbons (Fsp3) is 0.773. The summed E-state index contributed by atoms with van der Waals surface area (Å²) in [4.78, 5) is 54.0. The van der Waals surface area contributed by atoms with Crippen LogP contribution in [0.4, 0.5) is 0 Å². The number of unbranched alkanes of at least 4 members (excludes halogenated alkanes) is 1. The Balaban J connectivity index is 5.38. The predicted octanol–water partition coefficient (Wildman–Crippen LogP) is -1.56. The van der Waals surface area contributed by atoms with Crippen LogP contribution in [0.25, 0.3) is 0 Å². The van der Waals surface area contributed by atoms with E-state index in [1.165, 1.54) is 0 Å². The molecule has 0 fully saturated rings. The Hall–Kier alpha value is -2.58. The molecule has 0 saturated heterocycles. The number of guanidine groups is 1. The number of carboxylic acids is 1. The van der Waals surface area contributed by atoms with Gasteiger partial charge >= 0.3 is 5.97 Å². The first-order valence-electron chi connectivity index (χ1n) is 12.1. The van der Waals surface area contributed by atoms with Crippen LogP contribution in [0.15, 0.2) is 4.99 Å². The van der Waals surface area contributed by atoms with Gasteiger partial charge in [-0.25, -0.2) is 4.79 Å². The molecule has 208 valence electrons. The zero-order valence-electron chi connectivity index (χ0n) is 21.5. The van der Waals surface area contributed by atoms with Gasteiger partial charge in [-0.1, -0.05) is 13.8 Å². The normalized spacial score (nSPS) is 14.3. The molecule has 36 heavy (non-hydrogen) atoms. The number of carbonyl (C=O) groups excluding carboxylic acids is 3. The van der Waals surface area contributed by atoms with Crippen LogP contribution in [0.1, 0.15) is 52.4 Å². The van der Waals surface area contributed by atoms with Crippen molar-refractivity contribution in [3.05, 3.63) is 0 Å². The van der Waals surface area contributed by atoms with Crippen LogP contribution >= 0.6 is 11.8 Å². The first-order valence-corrected chi connectivity index (χ1v) is 13.5. The van der Waals surface area contributed by atoms with Crippen molar-refractivity contribution in [1.29, 1.82) is 0 Å². The topological polar surface area (TPSA) is 241 Å². The maximum absolute atomic E-state index is 13.1. The molecule has 0 aliphatic rings. The van der Waals surface area contributed by atoms with Crippen molar-refractivity contribution in [1.82, 2.24) is 16.0 Å². The van der Waals surface area contributed by atoms with Gasteiger partial charge in [0.25, 0.3) is 0 Å². The Kier molecular flexibility index (Phi) is 17.3. The molecule has 0 aliphatic heterocycles. The fourth-order valence-electron chi connectivity index (χ4n) is 3.23. The maximum Gasteiger partial charge on any atom is 0.326 e. The number of amides is 3. The molecule has 0 spiro atoms. The molecule has 0 aromatic heterocycles. The van der Waals surface area contributed by atoms with E-state index in [-0.39, 0.29) is 31.3 Å². The summed E-state index contributed by atoms with van der Waals surface area (Å²) in [5.74, 6) is -2.54. The lowest BCUT2D eigenvalue weighted by Crippen LogP contribution is -2.58. The van der Waals surface area contributed by atoms with E-state index in [4.69, 9.17) is 22.9 Å². The molecule has 0 radical (unpaired) electrons. The van der Waals surface area contributed by atoms with E-state index in [1.807, 2.05) is 6.26 Å². The largest absolute Gasteiger partial charge is 0.480 e. The van der Waals surface area contributed by atoms with Crippen molar-refractivity contribution >= 4 is 41.4 Å². The Morgan fingerprint density at radius 3 is 2.03 bits per heavy atom. The molecule has 0 aromatic carbocycles. The van der Waals surface area contributed by atoms with Crippen molar-refractivity contribution in [2.75, 3.05) is 25.1 Å². The lowest BCUT2D eigenvalue weighted by atomic mass is 10.0. The quantitative estimate of drug-likeness (QED) is 0.0540. The number of aliphatic imine (C=N–C) groups is 1. The molecule has 4 unspecified atom stereocenters. The average molecular weight is 533 g/mol. The highest BCUT2D eigenvalue weighted by Gasteiger charge is 2.31. The molecule has 0 heterocycles. The summed E-state index contributed by atoms with van der Waals surface area (Å²) < 4.78 is 0. The van der Waals surface area contributed by atoms with Gasteiger partial charge in [0, 0.05) is 6.54 Å². The predicted molar refractivity (Wildman–Crippen MR) is 142 cm³/mol. The van der Waals surface area contributed by atoms with E-state index in [2.05, 4.69) is 20.9 Å². The van der Waals surface area contributed by atoms with Crippen molar-refractivity contribution in [2.24, 2.45) is 33.8 Å². The highest BCUT2D eigenvalue weighted by molar-refractivity contribution is 7.98. The lowest BCUT2D eigenvalue weighted by molar-refractivity contribution is -0.142. The van der Waals surface area contributed by atoms with Crippen LogP contribution in [-0.4, -0.2) is 84.0 Å². The van der Waals surface area contributed by atoms with Crippen LogP contribution < -0.4 is 38.9 Å². The van der Waals surface area contributed by atoms with Crippen molar-refractivity contribution in [3.63, 3.8) is 0 Å². The summed E-state index contributed by atoms with van der Waals surface area (Å²) in [5.41, 5.74) is 22.0. The number of thioether (sulfide) groups is 1. The molecule has 4 atom stereocenters. The zero-order chi connectivity index (χ0) is 27.7. The number of nitrogens with one attached hydrogen (secondary N) is 3. The highest BCUT2D eigenvalue weighted by atomic mass is 32.2. The summed E-state index contributed by atoms with van der Waals surface area (Å²) in [5, 5.41) is 17.3. The number of nitrogens with zero attached hydrogens (tertiary/aromatic N) is 1. The summed E-state index contributed by atoms with van der Waals surface area (Å²) >= 11 is 1.56. The number of hydrogen-bond acceptors (Lipinski definition) is 8. The van der Waals surface area contributed by atoms with Crippen LogP contribution in [-0.2, 0) is 19.2 Å². The van der Waals surface area contributed by atoms with Gasteiger partial charge in [-0.05, 0) is 63.0 Å². The van der Waals surface area contributed by atoms with Crippen LogP contribution in [0, 0.1) is 5.92 Å². The van der Waals surface area contributed by atoms with Crippen molar-refractivity contribution in [3.8, 4) is 0 Å². The summed E-state index contributed by atoms with van der Waals surface area (Å²) in [7, 11) is 0. The first-order chi connectivity index (χ1) is 16.9. The van der Waals surface area contributed by atoms with Gasteiger partial charge in [0.2, 0.25) is 17.7 Å². The van der Waals surface area contributed by atoms with Crippen molar-refractivity contribution < 1.29 is 24.3 Å². The number of aliphatic carboxylic acids is 1. The van der Waals surface area contributed by atoms with Gasteiger partial charge in [0.05, 0.1) is 6.04 Å². The van der Waals surface area contributed by atoms with Crippen LogP contribution in [0.5, 0.6) is 0 Å². The van der Waals surface area contributed by atoms with E-state index in [0.29, 0.717) is 38.0 Å². The standard InChI is InChI=1S/C22H44N8O5S/c1-13(2)17(30-18(31)14(24)9-12-36-3)20(33)28-15(7-4-5-10-23)19(32)29-16(21(34)35)8-6-11-27-22(25)26/h13-17H,4-12,23-24H2,1-3H3,(H,28,33)(H,29,32)(H,30,31)(H,34,35)(H4,25,26,27). The smallest absolute Gasteiger partial charge is 0.326 e. The third kappa shape index (κ3) is 14.1. The first kappa shape index (κ1) is 33.4. The second kappa shape index (κ2) is 18.7. The molecule has 0 bridgehead atoms. The fourth-order valence-corrected chi connectivity index (χ4v) is 3.72. The van der Waals surface area contributed by atoms with Gasteiger partial charge in [0.1, 0.15) is 18.1 Å². The Morgan fingerprint density at radius 2 is 1.50 bits per heavy atom. The van der Waals surface area contributed by atoms with E-state index in [1.54, 1.807) is 25.6 Å². The minimum atomic E-state index is -1.22. The molecule has 3 amide bonds. The third-order valence-corrected chi connectivity index (χ3v) is 6.00. The van der Waals surface area contributed by atoms with E-state index in [9.17, 15) is 24.3 Å². The molecule has 0 saturated carbocycles. The average Bonchev–Trinajstić information content (AvgIpc) is 2.81. The minimum absolute atomic E-state index is 0.0972. The SMILES string of the molecule is CSCCC(N)C(=O)NC(C(=O)NC(CCCCN)C(=O)NC(CCCN=C(N)N)C(=O)O)C(C)C. The minimum Gasteiger partial charge on any atom is -0.480 e. The number of carbonyl (C=O) groups is 4. The molecular weight excluding hydrogens is 488 g/mol. The molecule has 0 aliphatic carbocycles. The summed E-state index contributed by atoms with van der Waals surface area (Å²) in [6.45, 7) is 4.15. The summed E-state index contributed by atoms with van der Waals surface area (Å²) in [6.07, 6.45) is 4.20. The number of nitrogens with two attached hydrogens (primary N) is 4. The molecule has 13 nitrogen and oxygen atoms in total. The second-order valence-corrected chi connectivity index (χ2v) is 9.80. The highest BCUT2D eigenvalue weighted by Crippen LogP contribution is 2.08. The maximum atomic E-state index is 13.1. The zero-order valence-corrected chi connectivity index (χ0v) is 22.3. The van der Waals surface area contributed by atoms with Gasteiger partial charge in [-0.15, -0.1) is 0 Å². The second-order valence-electron chi connectivity index (χ2n) is 8.81. The van der Waals surface area contributed by atoms with Gasteiger partial charge in [-0.3, -0.25) is 19.4 Å². The molecule has 14 heteroatoms. The van der Waals surface area contributed by atoms with E-state index >= 15 is 0 Å². The Bertz CT molecular complexity index is 733. The molecule has 0 aromatic rings. The van der Waals surface area contributed by atoms with Gasteiger partial charge in [0.15, 0.2) is 5.96 Å².